The first-order valence-electron chi connectivity index (χ1n) is 6.40. The minimum Gasteiger partial charge on any atom is -0.317 e. The molecule has 0 bridgehead atoms. The Morgan fingerprint density at radius 1 is 1.26 bits per heavy atom. The second-order valence-electron chi connectivity index (χ2n) is 5.03. The fourth-order valence-corrected chi connectivity index (χ4v) is 4.36. The van der Waals surface area contributed by atoms with E-state index in [2.05, 4.69) is 23.0 Å². The molecule has 0 aromatic heterocycles. The molecule has 1 fully saturated rings. The lowest BCUT2D eigenvalue weighted by Gasteiger charge is -2.42. The molecule has 0 saturated carbocycles. The molecule has 2 aliphatic rings. The van der Waals surface area contributed by atoms with E-state index >= 15 is 0 Å². The highest BCUT2D eigenvalue weighted by Gasteiger charge is 2.48. The lowest BCUT2D eigenvalue weighted by molar-refractivity contribution is 0.402. The van der Waals surface area contributed by atoms with Crippen LogP contribution in [0.3, 0.4) is 0 Å². The number of fused-ring (bicyclic) bond motifs is 2. The van der Waals surface area contributed by atoms with Gasteiger partial charge in [0.25, 0.3) is 0 Å². The molecule has 2 aliphatic heterocycles. The molecule has 0 unspecified atom stereocenters. The van der Waals surface area contributed by atoms with E-state index in [0.29, 0.717) is 5.04 Å². The van der Waals surface area contributed by atoms with E-state index in [1.807, 2.05) is 18.2 Å². The summed E-state index contributed by atoms with van der Waals surface area (Å²) in [6.45, 7) is 5.28. The predicted octanol–water partition coefficient (Wildman–Crippen LogP) is 3.25. The van der Waals surface area contributed by atoms with Crippen molar-refractivity contribution in [2.45, 2.75) is 18.3 Å². The van der Waals surface area contributed by atoms with E-state index in [-0.39, 0.29) is 5.41 Å². The van der Waals surface area contributed by atoms with Crippen LogP contribution in [0.4, 0.5) is 5.69 Å². The van der Waals surface area contributed by atoms with Crippen LogP contribution in [-0.2, 0) is 5.41 Å². The van der Waals surface area contributed by atoms with E-state index < -0.39 is 10.6 Å². The second-order valence-corrected chi connectivity index (χ2v) is 6.93. The number of aliphatic imine (C=N–C) groups is 1. The van der Waals surface area contributed by atoms with Crippen molar-refractivity contribution in [3.05, 3.63) is 41.8 Å². The van der Waals surface area contributed by atoms with Crippen molar-refractivity contribution in [2.75, 3.05) is 13.1 Å². The first-order chi connectivity index (χ1) is 9.10. The molecule has 3 N–H and O–H groups in total. The van der Waals surface area contributed by atoms with E-state index in [0.717, 1.165) is 37.2 Å². The topological polar surface area (TPSA) is 64.8 Å². The Bertz CT molecular complexity index is 548. The molecular formula is C14H18N2O2S. The molecular weight excluding hydrogens is 260 g/mol. The van der Waals surface area contributed by atoms with Crippen molar-refractivity contribution in [3.63, 3.8) is 0 Å². The van der Waals surface area contributed by atoms with Gasteiger partial charge in [0.2, 0.25) is 0 Å². The highest BCUT2D eigenvalue weighted by Crippen LogP contribution is 2.57. The molecule has 4 nitrogen and oxygen atoms in total. The van der Waals surface area contributed by atoms with Crippen LogP contribution >= 0.6 is 10.6 Å². The molecule has 2 heterocycles. The van der Waals surface area contributed by atoms with Gasteiger partial charge < -0.3 is 5.32 Å². The molecule has 5 heteroatoms. The average molecular weight is 278 g/mol. The van der Waals surface area contributed by atoms with Gasteiger partial charge in [-0.2, -0.15) is 0 Å². The van der Waals surface area contributed by atoms with E-state index in [1.165, 1.54) is 5.41 Å². The van der Waals surface area contributed by atoms with Crippen molar-refractivity contribution in [2.24, 2.45) is 4.99 Å². The molecule has 3 rings (SSSR count). The summed E-state index contributed by atoms with van der Waals surface area (Å²) < 4.78 is 20.6. The maximum absolute atomic E-state index is 10.3. The maximum Gasteiger partial charge on any atom is 0.139 e. The molecule has 19 heavy (non-hydrogen) atoms. The standard InChI is InChI=1S/C14H18N2O2S/c1-2-19(17,18)13-14(7-9-15-10-8-14)11-5-3-4-6-12(11)16-13/h2-6,15,17-18H,1,7-10H2. The van der Waals surface area contributed by atoms with Crippen LogP contribution in [0.2, 0.25) is 0 Å². The predicted molar refractivity (Wildman–Crippen MR) is 80.4 cm³/mol. The van der Waals surface area contributed by atoms with Crippen molar-refractivity contribution < 1.29 is 9.11 Å². The fraction of sp³-hybridized carbons (Fsp3) is 0.357. The normalized spacial score (nSPS) is 21.9. The zero-order chi connectivity index (χ0) is 13.5. The van der Waals surface area contributed by atoms with Gasteiger partial charge in [-0.25, -0.2) is 4.99 Å². The third-order valence-electron chi connectivity index (χ3n) is 4.03. The summed E-state index contributed by atoms with van der Waals surface area (Å²) in [5.74, 6) is 0. The van der Waals surface area contributed by atoms with Crippen LogP contribution in [0.15, 0.2) is 41.2 Å². The lowest BCUT2D eigenvalue weighted by atomic mass is 9.75. The van der Waals surface area contributed by atoms with Crippen molar-refractivity contribution in [1.29, 1.82) is 0 Å². The van der Waals surface area contributed by atoms with Gasteiger partial charge in [-0.1, -0.05) is 24.8 Å². The summed E-state index contributed by atoms with van der Waals surface area (Å²) in [5, 5.41) is 5.06. The second kappa shape index (κ2) is 4.45. The van der Waals surface area contributed by atoms with Crippen LogP contribution in [0.25, 0.3) is 0 Å². The molecule has 0 atom stereocenters. The summed E-state index contributed by atoms with van der Waals surface area (Å²) in [7, 11) is -2.99. The van der Waals surface area contributed by atoms with Crippen LogP contribution in [0.1, 0.15) is 18.4 Å². The average Bonchev–Trinajstić information content (AvgIpc) is 2.76. The molecule has 0 amide bonds. The molecule has 1 aromatic carbocycles. The molecule has 0 aliphatic carbocycles. The Labute approximate surface area is 114 Å². The molecule has 1 aromatic rings. The van der Waals surface area contributed by atoms with Crippen molar-refractivity contribution in [3.8, 4) is 0 Å². The number of para-hydroxylation sites is 1. The third kappa shape index (κ3) is 1.85. The lowest BCUT2D eigenvalue weighted by Crippen LogP contribution is -2.45. The number of nitrogens with one attached hydrogen (secondary N) is 1. The highest BCUT2D eigenvalue weighted by atomic mass is 32.3. The summed E-state index contributed by atoms with van der Waals surface area (Å²) in [6.07, 6.45) is 1.68. The summed E-state index contributed by atoms with van der Waals surface area (Å²) >= 11 is 0. The smallest absolute Gasteiger partial charge is 0.139 e. The minimum atomic E-state index is -2.99. The van der Waals surface area contributed by atoms with Gasteiger partial charge in [0.05, 0.1) is 11.1 Å². The van der Waals surface area contributed by atoms with Gasteiger partial charge in [0.1, 0.15) is 5.04 Å². The fourth-order valence-electron chi connectivity index (χ4n) is 3.08. The molecule has 0 radical (unpaired) electrons. The van der Waals surface area contributed by atoms with Crippen molar-refractivity contribution in [1.82, 2.24) is 5.32 Å². The Balaban J connectivity index is 2.17. The van der Waals surface area contributed by atoms with Crippen molar-refractivity contribution >= 4 is 21.3 Å². The molecule has 1 saturated heterocycles. The van der Waals surface area contributed by atoms with Gasteiger partial charge in [-0.3, -0.25) is 9.11 Å². The Kier molecular flexibility index (Phi) is 3.02. The monoisotopic (exact) mass is 278 g/mol. The van der Waals surface area contributed by atoms with Crippen LogP contribution in [0.5, 0.6) is 0 Å². The van der Waals surface area contributed by atoms with Gasteiger partial charge in [-0.15, -0.1) is 10.6 Å². The van der Waals surface area contributed by atoms with Crippen LogP contribution < -0.4 is 5.32 Å². The molecule has 1 spiro atoms. The number of piperidine rings is 1. The van der Waals surface area contributed by atoms with E-state index in [1.54, 1.807) is 0 Å². The van der Waals surface area contributed by atoms with Gasteiger partial charge in [0, 0.05) is 5.41 Å². The van der Waals surface area contributed by atoms with Gasteiger partial charge in [0.15, 0.2) is 0 Å². The largest absolute Gasteiger partial charge is 0.317 e. The molecule has 102 valence electrons. The summed E-state index contributed by atoms with van der Waals surface area (Å²) in [5.41, 5.74) is 1.64. The summed E-state index contributed by atoms with van der Waals surface area (Å²) in [6, 6.07) is 7.90. The quantitative estimate of drug-likeness (QED) is 0.739. The minimum absolute atomic E-state index is 0.338. The SMILES string of the molecule is C=CS(O)(O)C1=Nc2ccccc2C12CCNCC2. The number of hydrogen-bond donors (Lipinski definition) is 3. The summed E-state index contributed by atoms with van der Waals surface area (Å²) in [4.78, 5) is 4.53. The Morgan fingerprint density at radius 3 is 2.63 bits per heavy atom. The van der Waals surface area contributed by atoms with Gasteiger partial charge >= 0.3 is 0 Å². The zero-order valence-electron chi connectivity index (χ0n) is 10.7. The number of rotatable bonds is 1. The first kappa shape index (κ1) is 12.9. The Hall–Kier alpha value is -1.14. The number of hydrogen-bond acceptors (Lipinski definition) is 4. The first-order valence-corrected chi connectivity index (χ1v) is 8.01. The van der Waals surface area contributed by atoms with Gasteiger partial charge in [-0.05, 0) is 37.6 Å². The number of benzene rings is 1. The van der Waals surface area contributed by atoms with E-state index in [9.17, 15) is 9.11 Å². The Morgan fingerprint density at radius 2 is 1.95 bits per heavy atom. The van der Waals surface area contributed by atoms with Crippen LogP contribution in [0, 0.1) is 0 Å². The maximum atomic E-state index is 10.3. The highest BCUT2D eigenvalue weighted by molar-refractivity contribution is 8.39. The van der Waals surface area contributed by atoms with Crippen LogP contribution in [-0.4, -0.2) is 27.2 Å². The third-order valence-corrected chi connectivity index (χ3v) is 5.54. The number of nitrogens with zero attached hydrogens (tertiary/aromatic N) is 1. The van der Waals surface area contributed by atoms with E-state index in [4.69, 9.17) is 0 Å². The zero-order valence-corrected chi connectivity index (χ0v) is 11.5.